The van der Waals surface area contributed by atoms with E-state index in [0.717, 1.165) is 0 Å². The quantitative estimate of drug-likeness (QED) is 0.403. The summed E-state index contributed by atoms with van der Waals surface area (Å²) in [5.41, 5.74) is 22.6. The highest BCUT2D eigenvalue weighted by atomic mass is 16.6. The molecule has 0 bridgehead atoms. The number of aliphatic hydroxyl groups is 1. The van der Waals surface area contributed by atoms with Gasteiger partial charge in [-0.1, -0.05) is 6.07 Å². The van der Waals surface area contributed by atoms with Crippen molar-refractivity contribution in [1.82, 2.24) is 4.98 Å². The zero-order valence-electron chi connectivity index (χ0n) is 11.2. The number of aliphatic hydroxyl groups excluding tert-OH is 1. The van der Waals surface area contributed by atoms with Gasteiger partial charge in [-0.25, -0.2) is 4.98 Å². The van der Waals surface area contributed by atoms with Crippen LogP contribution in [-0.4, -0.2) is 16.4 Å². The predicted octanol–water partition coefficient (Wildman–Crippen LogP) is 0.814. The van der Waals surface area contributed by atoms with Gasteiger partial charge in [0.05, 0.1) is 5.69 Å². The smallest absolute Gasteiger partial charge is 0.194 e. The van der Waals surface area contributed by atoms with Gasteiger partial charge in [-0.05, 0) is 37.3 Å². The van der Waals surface area contributed by atoms with Gasteiger partial charge in [0, 0.05) is 5.69 Å². The fourth-order valence-electron chi connectivity index (χ4n) is 1.33. The molecule has 2 aromatic rings. The Bertz CT molecular complexity index is 543. The van der Waals surface area contributed by atoms with Crippen LogP contribution in [0, 0.1) is 0 Å². The Morgan fingerprint density at radius 1 is 1.05 bits per heavy atom. The number of nitrogens with two attached hydrogens (primary N) is 4. The largest absolute Gasteiger partial charge is 0.463 e. The summed E-state index contributed by atoms with van der Waals surface area (Å²) in [6, 6.07) is 10.0. The second-order valence-corrected chi connectivity index (χ2v) is 4.00. The summed E-state index contributed by atoms with van der Waals surface area (Å²) in [4.78, 5) is 3.73. The van der Waals surface area contributed by atoms with Crippen molar-refractivity contribution < 1.29 is 9.84 Å². The standard InChI is InChI=1S/C8H12N2O2.C5H7N3/c1-5(11)12-8-3-2-6(9)4-7(8)10;6-4-2-1-3-5(7)8-4/h2-5,11H,9-10H2,1H3;1-3H,(H4,6,7,8). The molecule has 2 rings (SSSR count). The van der Waals surface area contributed by atoms with E-state index in [4.69, 9.17) is 32.8 Å². The lowest BCUT2D eigenvalue weighted by Gasteiger charge is -2.10. The maximum atomic E-state index is 8.89. The van der Waals surface area contributed by atoms with Crippen LogP contribution in [0.2, 0.25) is 0 Å². The number of hydrogen-bond acceptors (Lipinski definition) is 7. The molecule has 9 N–H and O–H groups in total. The molecule has 1 aromatic heterocycles. The van der Waals surface area contributed by atoms with E-state index in [1.165, 1.54) is 6.92 Å². The molecule has 0 aliphatic carbocycles. The van der Waals surface area contributed by atoms with Gasteiger partial charge in [-0.15, -0.1) is 0 Å². The third-order valence-electron chi connectivity index (χ3n) is 2.12. The molecule has 1 unspecified atom stereocenters. The molecule has 0 saturated heterocycles. The lowest BCUT2D eigenvalue weighted by atomic mass is 10.2. The average Bonchev–Trinajstić information content (AvgIpc) is 2.33. The van der Waals surface area contributed by atoms with Crippen LogP contribution in [0.25, 0.3) is 0 Å². The molecule has 1 aromatic carbocycles. The number of benzene rings is 1. The van der Waals surface area contributed by atoms with E-state index in [2.05, 4.69) is 4.98 Å². The minimum absolute atomic E-state index is 0.427. The summed E-state index contributed by atoms with van der Waals surface area (Å²) in [5, 5.41) is 8.89. The fraction of sp³-hybridized carbons (Fsp3) is 0.154. The van der Waals surface area contributed by atoms with E-state index in [1.54, 1.807) is 36.4 Å². The molecule has 0 spiro atoms. The van der Waals surface area contributed by atoms with Gasteiger partial charge >= 0.3 is 0 Å². The molecule has 0 radical (unpaired) electrons. The molecule has 0 aliphatic rings. The van der Waals surface area contributed by atoms with Crippen molar-refractivity contribution in [1.29, 1.82) is 0 Å². The Morgan fingerprint density at radius 2 is 1.65 bits per heavy atom. The summed E-state index contributed by atoms with van der Waals surface area (Å²) in [6.07, 6.45) is -0.865. The SMILES string of the molecule is CC(O)Oc1ccc(N)cc1N.Nc1cccc(N)n1. The van der Waals surface area contributed by atoms with Gasteiger partial charge in [-0.3, -0.25) is 0 Å². The normalized spacial score (nSPS) is 11.1. The van der Waals surface area contributed by atoms with Gasteiger partial charge in [0.2, 0.25) is 0 Å². The zero-order valence-corrected chi connectivity index (χ0v) is 11.2. The first-order chi connectivity index (χ1) is 9.38. The summed E-state index contributed by atoms with van der Waals surface area (Å²) in [5.74, 6) is 1.37. The second kappa shape index (κ2) is 7.05. The first kappa shape index (κ1) is 15.4. The van der Waals surface area contributed by atoms with Crippen molar-refractivity contribution in [2.24, 2.45) is 0 Å². The molecular weight excluding hydrogens is 258 g/mol. The van der Waals surface area contributed by atoms with Crippen molar-refractivity contribution in [3.8, 4) is 5.75 Å². The van der Waals surface area contributed by atoms with Crippen LogP contribution in [0.3, 0.4) is 0 Å². The minimum atomic E-state index is -0.865. The van der Waals surface area contributed by atoms with Crippen LogP contribution in [0.5, 0.6) is 5.75 Å². The van der Waals surface area contributed by atoms with E-state index < -0.39 is 6.29 Å². The van der Waals surface area contributed by atoms with E-state index in [1.807, 2.05) is 0 Å². The number of nitrogens with zero attached hydrogens (tertiary/aromatic N) is 1. The number of ether oxygens (including phenoxy) is 1. The predicted molar refractivity (Wildman–Crippen MR) is 80.6 cm³/mol. The third kappa shape index (κ3) is 5.32. The van der Waals surface area contributed by atoms with Crippen molar-refractivity contribution in [3.05, 3.63) is 36.4 Å². The monoisotopic (exact) mass is 277 g/mol. The molecule has 0 aliphatic heterocycles. The zero-order chi connectivity index (χ0) is 15.1. The van der Waals surface area contributed by atoms with E-state index in [0.29, 0.717) is 28.8 Å². The Kier molecular flexibility index (Phi) is 5.42. The number of rotatable bonds is 2. The molecule has 7 heteroatoms. The molecule has 20 heavy (non-hydrogen) atoms. The van der Waals surface area contributed by atoms with Crippen LogP contribution in [0.1, 0.15) is 6.92 Å². The second-order valence-electron chi connectivity index (χ2n) is 4.00. The van der Waals surface area contributed by atoms with Crippen LogP contribution in [0.15, 0.2) is 36.4 Å². The Hall–Kier alpha value is -2.67. The highest BCUT2D eigenvalue weighted by Gasteiger charge is 2.02. The number of nitrogen functional groups attached to an aromatic ring is 4. The van der Waals surface area contributed by atoms with Crippen LogP contribution < -0.4 is 27.7 Å². The molecule has 108 valence electrons. The summed E-state index contributed by atoms with van der Waals surface area (Å²) in [7, 11) is 0. The third-order valence-corrected chi connectivity index (χ3v) is 2.12. The number of hydrogen-bond donors (Lipinski definition) is 5. The minimum Gasteiger partial charge on any atom is -0.463 e. The average molecular weight is 277 g/mol. The summed E-state index contributed by atoms with van der Waals surface area (Å²) in [6.45, 7) is 1.51. The first-order valence-corrected chi connectivity index (χ1v) is 5.86. The van der Waals surface area contributed by atoms with Crippen LogP contribution >= 0.6 is 0 Å². The first-order valence-electron chi connectivity index (χ1n) is 5.86. The maximum Gasteiger partial charge on any atom is 0.194 e. The molecule has 1 heterocycles. The van der Waals surface area contributed by atoms with Gasteiger partial charge in [0.15, 0.2) is 6.29 Å². The van der Waals surface area contributed by atoms with Gasteiger partial charge in [0.25, 0.3) is 0 Å². The molecular formula is C13H19N5O2. The molecule has 0 fully saturated rings. The topological polar surface area (TPSA) is 146 Å². The lowest BCUT2D eigenvalue weighted by molar-refractivity contribution is 0.000282. The number of pyridine rings is 1. The van der Waals surface area contributed by atoms with Crippen LogP contribution in [-0.2, 0) is 0 Å². The lowest BCUT2D eigenvalue weighted by Crippen LogP contribution is -2.10. The molecule has 0 saturated carbocycles. The van der Waals surface area contributed by atoms with Gasteiger partial charge in [0.1, 0.15) is 17.4 Å². The number of anilines is 4. The van der Waals surface area contributed by atoms with Crippen LogP contribution in [0.4, 0.5) is 23.0 Å². The van der Waals surface area contributed by atoms with E-state index >= 15 is 0 Å². The highest BCUT2D eigenvalue weighted by Crippen LogP contribution is 2.23. The van der Waals surface area contributed by atoms with E-state index in [9.17, 15) is 0 Å². The molecule has 1 atom stereocenters. The van der Waals surface area contributed by atoms with Crippen molar-refractivity contribution in [2.75, 3.05) is 22.9 Å². The van der Waals surface area contributed by atoms with Crippen molar-refractivity contribution in [3.63, 3.8) is 0 Å². The Morgan fingerprint density at radius 3 is 2.05 bits per heavy atom. The Labute approximate surface area is 117 Å². The number of aromatic nitrogens is 1. The highest BCUT2D eigenvalue weighted by molar-refractivity contribution is 5.60. The summed E-state index contributed by atoms with van der Waals surface area (Å²) >= 11 is 0. The van der Waals surface area contributed by atoms with Gasteiger partial charge < -0.3 is 32.8 Å². The maximum absolute atomic E-state index is 8.89. The fourth-order valence-corrected chi connectivity index (χ4v) is 1.33. The molecule has 7 nitrogen and oxygen atoms in total. The Balaban J connectivity index is 0.000000217. The van der Waals surface area contributed by atoms with Gasteiger partial charge in [-0.2, -0.15) is 0 Å². The summed E-state index contributed by atoms with van der Waals surface area (Å²) < 4.78 is 4.97. The van der Waals surface area contributed by atoms with E-state index in [-0.39, 0.29) is 0 Å². The van der Waals surface area contributed by atoms with Crippen molar-refractivity contribution >= 4 is 23.0 Å². The van der Waals surface area contributed by atoms with Crippen molar-refractivity contribution in [2.45, 2.75) is 13.2 Å². The molecule has 0 amide bonds.